The molecule has 6 nitrogen and oxygen atoms in total. The molecular formula is C22H46IN5O. The van der Waals surface area contributed by atoms with Gasteiger partial charge in [0.25, 0.3) is 0 Å². The van der Waals surface area contributed by atoms with Crippen molar-refractivity contribution in [3.05, 3.63) is 0 Å². The molecule has 2 rings (SSSR count). The summed E-state index contributed by atoms with van der Waals surface area (Å²) in [6, 6.07) is 0. The van der Waals surface area contributed by atoms with E-state index in [1.165, 1.54) is 64.8 Å². The Bertz CT molecular complexity index is 443. The Kier molecular flexibility index (Phi) is 13.7. The molecule has 2 aliphatic rings. The zero-order valence-corrected chi connectivity index (χ0v) is 21.4. The second-order valence-electron chi connectivity index (χ2n) is 8.95. The van der Waals surface area contributed by atoms with Crippen LogP contribution in [-0.2, 0) is 0 Å². The summed E-state index contributed by atoms with van der Waals surface area (Å²) in [5.41, 5.74) is 0.208. The number of rotatable bonds is 10. The first kappa shape index (κ1) is 26.9. The van der Waals surface area contributed by atoms with Gasteiger partial charge in [0.1, 0.15) is 0 Å². The van der Waals surface area contributed by atoms with Gasteiger partial charge in [-0.25, -0.2) is 0 Å². The first-order valence-electron chi connectivity index (χ1n) is 11.7. The number of aliphatic hydroxyl groups excluding tert-OH is 1. The standard InChI is InChI=1S/C22H45N5O.HI/c1-4-23-21(25-19-22(11-16-28)9-7-6-8-10-22)24-17-20(3)18-27-14-12-26(5-2)13-15-27;/h20,28H,4-19H2,1-3H3,(H2,23,24,25);1H. The van der Waals surface area contributed by atoms with E-state index in [4.69, 9.17) is 4.99 Å². The van der Waals surface area contributed by atoms with Gasteiger partial charge in [-0.2, -0.15) is 0 Å². The summed E-state index contributed by atoms with van der Waals surface area (Å²) in [7, 11) is 0. The number of nitrogens with zero attached hydrogens (tertiary/aromatic N) is 3. The average molecular weight is 524 g/mol. The maximum Gasteiger partial charge on any atom is 0.191 e. The molecule has 1 atom stereocenters. The zero-order valence-electron chi connectivity index (χ0n) is 19.1. The molecule has 0 amide bonds. The maximum absolute atomic E-state index is 9.53. The molecule has 0 aromatic heterocycles. The van der Waals surface area contributed by atoms with E-state index in [1.807, 2.05) is 0 Å². The molecule has 1 aliphatic heterocycles. The quantitative estimate of drug-likeness (QED) is 0.234. The number of hydrogen-bond donors (Lipinski definition) is 3. The van der Waals surface area contributed by atoms with Gasteiger partial charge in [0, 0.05) is 59.0 Å². The van der Waals surface area contributed by atoms with Crippen molar-refractivity contribution in [3.63, 3.8) is 0 Å². The smallest absolute Gasteiger partial charge is 0.191 e. The van der Waals surface area contributed by atoms with Crippen molar-refractivity contribution in [2.24, 2.45) is 16.3 Å². The first-order valence-corrected chi connectivity index (χ1v) is 11.7. The second-order valence-corrected chi connectivity index (χ2v) is 8.95. The van der Waals surface area contributed by atoms with Crippen molar-refractivity contribution in [1.29, 1.82) is 0 Å². The van der Waals surface area contributed by atoms with Crippen LogP contribution in [-0.4, -0.2) is 86.4 Å². The molecule has 7 heteroatoms. The van der Waals surface area contributed by atoms with Crippen LogP contribution in [0.5, 0.6) is 0 Å². The fourth-order valence-electron chi connectivity index (χ4n) is 4.68. The van der Waals surface area contributed by atoms with E-state index < -0.39 is 0 Å². The molecule has 1 unspecified atom stereocenters. The molecule has 2 fully saturated rings. The largest absolute Gasteiger partial charge is 0.396 e. The number of guanidine groups is 1. The Hall–Kier alpha value is -0.120. The van der Waals surface area contributed by atoms with Gasteiger partial charge in [0.2, 0.25) is 0 Å². The minimum atomic E-state index is 0. The minimum Gasteiger partial charge on any atom is -0.396 e. The van der Waals surface area contributed by atoms with Crippen molar-refractivity contribution >= 4 is 29.9 Å². The molecule has 0 radical (unpaired) electrons. The topological polar surface area (TPSA) is 63.1 Å². The highest BCUT2D eigenvalue weighted by Gasteiger charge is 2.31. The van der Waals surface area contributed by atoms with Gasteiger partial charge in [0.15, 0.2) is 5.96 Å². The van der Waals surface area contributed by atoms with Crippen LogP contribution in [0.2, 0.25) is 0 Å². The molecule has 0 aromatic carbocycles. The van der Waals surface area contributed by atoms with Crippen molar-refractivity contribution in [2.45, 2.75) is 59.3 Å². The van der Waals surface area contributed by atoms with Crippen molar-refractivity contribution in [1.82, 2.24) is 20.4 Å². The van der Waals surface area contributed by atoms with E-state index >= 15 is 0 Å². The number of likely N-dealkylation sites (N-methyl/N-ethyl adjacent to an activating group) is 1. The Morgan fingerprint density at radius 1 is 1.03 bits per heavy atom. The molecule has 1 saturated carbocycles. The number of aliphatic hydroxyl groups is 1. The molecule has 29 heavy (non-hydrogen) atoms. The predicted octanol–water partition coefficient (Wildman–Crippen LogP) is 2.77. The summed E-state index contributed by atoms with van der Waals surface area (Å²) in [4.78, 5) is 10.1. The summed E-state index contributed by atoms with van der Waals surface area (Å²) >= 11 is 0. The molecule has 1 aliphatic carbocycles. The number of piperazine rings is 1. The minimum absolute atomic E-state index is 0. The van der Waals surface area contributed by atoms with Crippen LogP contribution >= 0.6 is 24.0 Å². The Morgan fingerprint density at radius 2 is 1.69 bits per heavy atom. The van der Waals surface area contributed by atoms with E-state index in [2.05, 4.69) is 41.2 Å². The Morgan fingerprint density at radius 3 is 2.28 bits per heavy atom. The Balaban J connectivity index is 0.00000420. The fourth-order valence-corrected chi connectivity index (χ4v) is 4.68. The van der Waals surface area contributed by atoms with Gasteiger partial charge in [-0.05, 0) is 44.1 Å². The molecule has 0 aromatic rings. The van der Waals surface area contributed by atoms with Gasteiger partial charge < -0.3 is 25.5 Å². The molecule has 0 bridgehead atoms. The lowest BCUT2D eigenvalue weighted by Crippen LogP contribution is -2.48. The summed E-state index contributed by atoms with van der Waals surface area (Å²) in [6.07, 6.45) is 7.19. The van der Waals surface area contributed by atoms with Crippen LogP contribution < -0.4 is 10.6 Å². The predicted molar refractivity (Wildman–Crippen MR) is 134 cm³/mol. The second kappa shape index (κ2) is 14.8. The molecule has 3 N–H and O–H groups in total. The third kappa shape index (κ3) is 9.70. The van der Waals surface area contributed by atoms with Crippen LogP contribution in [0.25, 0.3) is 0 Å². The van der Waals surface area contributed by atoms with E-state index in [0.717, 1.165) is 38.6 Å². The number of halogens is 1. The van der Waals surface area contributed by atoms with Gasteiger partial charge >= 0.3 is 0 Å². The van der Waals surface area contributed by atoms with Crippen molar-refractivity contribution in [2.75, 3.05) is 65.5 Å². The van der Waals surface area contributed by atoms with Crippen molar-refractivity contribution < 1.29 is 5.11 Å². The van der Waals surface area contributed by atoms with E-state index in [-0.39, 0.29) is 36.0 Å². The highest BCUT2D eigenvalue weighted by atomic mass is 127. The third-order valence-electron chi connectivity index (χ3n) is 6.57. The van der Waals surface area contributed by atoms with Crippen molar-refractivity contribution in [3.8, 4) is 0 Å². The molecular weight excluding hydrogens is 477 g/mol. The molecule has 0 spiro atoms. The highest BCUT2D eigenvalue weighted by Crippen LogP contribution is 2.39. The lowest BCUT2D eigenvalue weighted by molar-refractivity contribution is 0.124. The lowest BCUT2D eigenvalue weighted by atomic mass is 9.72. The SMILES string of the molecule is CCNC(=NCC1(CCO)CCCCC1)NCC(C)CN1CCN(CC)CC1.I. The first-order chi connectivity index (χ1) is 13.6. The highest BCUT2D eigenvalue weighted by molar-refractivity contribution is 14.0. The van der Waals surface area contributed by atoms with Gasteiger partial charge in [-0.1, -0.05) is 33.1 Å². The van der Waals surface area contributed by atoms with E-state index in [9.17, 15) is 5.11 Å². The number of hydrogen-bond acceptors (Lipinski definition) is 4. The third-order valence-corrected chi connectivity index (χ3v) is 6.57. The van der Waals surface area contributed by atoms with Gasteiger partial charge in [-0.15, -0.1) is 24.0 Å². The normalized spacial score (nSPS) is 22.0. The van der Waals surface area contributed by atoms with Crippen LogP contribution in [0, 0.1) is 11.3 Å². The Labute approximate surface area is 196 Å². The van der Waals surface area contributed by atoms with Crippen LogP contribution in [0.1, 0.15) is 59.3 Å². The zero-order chi connectivity index (χ0) is 20.2. The molecule has 1 heterocycles. The van der Waals surface area contributed by atoms with Crippen LogP contribution in [0.15, 0.2) is 4.99 Å². The summed E-state index contributed by atoms with van der Waals surface area (Å²) in [5, 5.41) is 16.5. The number of aliphatic imine (C=N–C) groups is 1. The lowest BCUT2D eigenvalue weighted by Gasteiger charge is -2.36. The summed E-state index contributed by atoms with van der Waals surface area (Å²) < 4.78 is 0. The van der Waals surface area contributed by atoms with E-state index in [0.29, 0.717) is 5.92 Å². The average Bonchev–Trinajstić information content (AvgIpc) is 2.71. The molecule has 1 saturated heterocycles. The molecule has 172 valence electrons. The maximum atomic E-state index is 9.53. The van der Waals surface area contributed by atoms with Gasteiger partial charge in [0.05, 0.1) is 0 Å². The monoisotopic (exact) mass is 523 g/mol. The summed E-state index contributed by atoms with van der Waals surface area (Å²) in [6.45, 7) is 16.8. The summed E-state index contributed by atoms with van der Waals surface area (Å²) in [5.74, 6) is 1.53. The van der Waals surface area contributed by atoms with Crippen LogP contribution in [0.3, 0.4) is 0 Å². The van der Waals surface area contributed by atoms with E-state index in [1.54, 1.807) is 0 Å². The van der Waals surface area contributed by atoms with Crippen LogP contribution in [0.4, 0.5) is 0 Å². The fraction of sp³-hybridized carbons (Fsp3) is 0.955. The van der Waals surface area contributed by atoms with Gasteiger partial charge in [-0.3, -0.25) is 4.99 Å². The number of nitrogens with one attached hydrogen (secondary N) is 2.